The first-order chi connectivity index (χ1) is 7.79. The zero-order valence-corrected chi connectivity index (χ0v) is 11.0. The van der Waals surface area contributed by atoms with Gasteiger partial charge in [0, 0.05) is 19.8 Å². The second-order valence-electron chi connectivity index (χ2n) is 5.80. The van der Waals surface area contributed by atoms with E-state index in [1.54, 1.807) is 0 Å². The molecule has 0 radical (unpaired) electrons. The average molecular weight is 246 g/mol. The van der Waals surface area contributed by atoms with Crippen LogP contribution in [0, 0.1) is 11.3 Å². The van der Waals surface area contributed by atoms with Crippen LogP contribution in [-0.4, -0.2) is 17.0 Å². The van der Waals surface area contributed by atoms with Crippen molar-refractivity contribution in [2.75, 3.05) is 0 Å². The number of hydrogen-bond donors (Lipinski definition) is 1. The molecule has 0 aliphatic heterocycles. The Morgan fingerprint density at radius 3 is 2.18 bits per heavy atom. The van der Waals surface area contributed by atoms with Gasteiger partial charge in [-0.05, 0) is 24.2 Å². The maximum Gasteiger partial charge on any atom is 0.339 e. The maximum atomic E-state index is 10.7. The van der Waals surface area contributed by atoms with Crippen molar-refractivity contribution in [2.24, 2.45) is 11.3 Å². The summed E-state index contributed by atoms with van der Waals surface area (Å²) in [6.07, 6.45) is 2.76. The van der Waals surface area contributed by atoms with E-state index < -0.39 is 11.8 Å². The lowest BCUT2D eigenvalue weighted by molar-refractivity contribution is -0.491. The predicted molar refractivity (Wildman–Crippen MR) is 60.7 cm³/mol. The molecular formula is C12H22O5. The summed E-state index contributed by atoms with van der Waals surface area (Å²) >= 11 is 0. The molecule has 1 aliphatic rings. The van der Waals surface area contributed by atoms with Gasteiger partial charge in [0.05, 0.1) is 0 Å². The smallest absolute Gasteiger partial charge is 0.296 e. The standard InChI is InChI=1S/C12H22O5/c1-9(13)15-17-12(16-14)7-5-10(6-8-12)11(2,3)4/h10,14H,5-8H2,1-4H3. The van der Waals surface area contributed by atoms with Gasteiger partial charge in [0.15, 0.2) is 0 Å². The zero-order valence-electron chi connectivity index (χ0n) is 11.0. The Balaban J connectivity index is 2.54. The summed E-state index contributed by atoms with van der Waals surface area (Å²) in [5, 5.41) is 8.93. The van der Waals surface area contributed by atoms with E-state index >= 15 is 0 Å². The third-order valence-electron chi connectivity index (χ3n) is 3.45. The van der Waals surface area contributed by atoms with Crippen molar-refractivity contribution >= 4 is 5.97 Å². The van der Waals surface area contributed by atoms with Crippen LogP contribution in [0.4, 0.5) is 0 Å². The Morgan fingerprint density at radius 1 is 1.29 bits per heavy atom. The third kappa shape index (κ3) is 3.94. The Bertz CT molecular complexity index is 261. The molecular weight excluding hydrogens is 224 g/mol. The van der Waals surface area contributed by atoms with Gasteiger partial charge in [0.1, 0.15) is 0 Å². The van der Waals surface area contributed by atoms with Gasteiger partial charge >= 0.3 is 5.97 Å². The molecule has 17 heavy (non-hydrogen) atoms. The zero-order chi connectivity index (χ0) is 13.1. The minimum atomic E-state index is -1.19. The molecule has 0 bridgehead atoms. The molecule has 0 aromatic carbocycles. The van der Waals surface area contributed by atoms with Gasteiger partial charge in [0.2, 0.25) is 5.79 Å². The number of hydrogen-bond acceptors (Lipinski definition) is 5. The molecule has 0 heterocycles. The van der Waals surface area contributed by atoms with Crippen molar-refractivity contribution in [3.8, 4) is 0 Å². The highest BCUT2D eigenvalue weighted by Crippen LogP contribution is 2.43. The summed E-state index contributed by atoms with van der Waals surface area (Å²) in [7, 11) is 0. The fourth-order valence-electron chi connectivity index (χ4n) is 2.25. The molecule has 0 aromatic rings. The second kappa shape index (κ2) is 5.33. The van der Waals surface area contributed by atoms with Crippen LogP contribution in [0.3, 0.4) is 0 Å². The highest BCUT2D eigenvalue weighted by Gasteiger charge is 2.43. The molecule has 100 valence electrons. The lowest BCUT2D eigenvalue weighted by Gasteiger charge is -2.40. The monoisotopic (exact) mass is 246 g/mol. The minimum absolute atomic E-state index is 0.225. The highest BCUT2D eigenvalue weighted by atomic mass is 17.3. The Kier molecular flexibility index (Phi) is 4.52. The SMILES string of the molecule is CC(=O)OOC1(OO)CCC(C(C)(C)C)CC1. The van der Waals surface area contributed by atoms with Crippen molar-refractivity contribution in [3.63, 3.8) is 0 Å². The molecule has 5 nitrogen and oxygen atoms in total. The fraction of sp³-hybridized carbons (Fsp3) is 0.917. The summed E-state index contributed by atoms with van der Waals surface area (Å²) in [5.41, 5.74) is 0.225. The summed E-state index contributed by atoms with van der Waals surface area (Å²) in [5.74, 6) is -1.20. The van der Waals surface area contributed by atoms with Crippen LogP contribution < -0.4 is 0 Å². The van der Waals surface area contributed by atoms with E-state index in [2.05, 4.69) is 30.5 Å². The normalized spacial score (nSPS) is 30.1. The molecule has 0 atom stereocenters. The van der Waals surface area contributed by atoms with Crippen molar-refractivity contribution in [1.29, 1.82) is 0 Å². The first-order valence-electron chi connectivity index (χ1n) is 5.98. The molecule has 1 aliphatic carbocycles. The molecule has 1 saturated carbocycles. The van der Waals surface area contributed by atoms with E-state index in [1.165, 1.54) is 6.92 Å². The molecule has 1 rings (SSSR count). The molecule has 0 saturated heterocycles. The van der Waals surface area contributed by atoms with E-state index in [1.807, 2.05) is 0 Å². The van der Waals surface area contributed by atoms with Gasteiger partial charge in [-0.1, -0.05) is 20.8 Å². The highest BCUT2D eigenvalue weighted by molar-refractivity contribution is 5.65. The Labute approximate surface area is 102 Å². The summed E-state index contributed by atoms with van der Waals surface area (Å²) in [6.45, 7) is 7.82. The quantitative estimate of drug-likeness (QED) is 0.471. The van der Waals surface area contributed by atoms with E-state index in [9.17, 15) is 4.79 Å². The van der Waals surface area contributed by atoms with Gasteiger partial charge in [-0.3, -0.25) is 4.89 Å². The predicted octanol–water partition coefficient (Wildman–Crippen LogP) is 2.90. The Hall–Kier alpha value is -0.650. The minimum Gasteiger partial charge on any atom is -0.296 e. The van der Waals surface area contributed by atoms with Crippen LogP contribution in [-0.2, 0) is 19.5 Å². The van der Waals surface area contributed by atoms with E-state index in [0.29, 0.717) is 18.8 Å². The van der Waals surface area contributed by atoms with Crippen molar-refractivity contribution in [3.05, 3.63) is 0 Å². The first kappa shape index (κ1) is 14.4. The number of carbonyl (C=O) groups is 1. The fourth-order valence-corrected chi connectivity index (χ4v) is 2.25. The van der Waals surface area contributed by atoms with Crippen LogP contribution in [0.2, 0.25) is 0 Å². The van der Waals surface area contributed by atoms with Crippen LogP contribution in [0.15, 0.2) is 0 Å². The third-order valence-corrected chi connectivity index (χ3v) is 3.45. The van der Waals surface area contributed by atoms with Crippen molar-refractivity contribution < 1.29 is 24.7 Å². The first-order valence-corrected chi connectivity index (χ1v) is 5.98. The van der Waals surface area contributed by atoms with Crippen LogP contribution >= 0.6 is 0 Å². The molecule has 1 N–H and O–H groups in total. The number of carbonyl (C=O) groups excluding carboxylic acids is 1. The second-order valence-corrected chi connectivity index (χ2v) is 5.80. The summed E-state index contributed by atoms with van der Waals surface area (Å²) in [4.78, 5) is 24.5. The van der Waals surface area contributed by atoms with E-state index in [0.717, 1.165) is 12.8 Å². The van der Waals surface area contributed by atoms with Gasteiger partial charge in [-0.15, -0.1) is 4.89 Å². The largest absolute Gasteiger partial charge is 0.339 e. The van der Waals surface area contributed by atoms with Gasteiger partial charge < -0.3 is 0 Å². The molecule has 0 spiro atoms. The van der Waals surface area contributed by atoms with Crippen LogP contribution in [0.5, 0.6) is 0 Å². The van der Waals surface area contributed by atoms with Crippen LogP contribution in [0.1, 0.15) is 53.4 Å². The van der Waals surface area contributed by atoms with Gasteiger partial charge in [-0.2, -0.15) is 4.89 Å². The van der Waals surface area contributed by atoms with Crippen LogP contribution in [0.25, 0.3) is 0 Å². The van der Waals surface area contributed by atoms with Crippen molar-refractivity contribution in [2.45, 2.75) is 59.2 Å². The molecule has 0 amide bonds. The van der Waals surface area contributed by atoms with Crippen molar-refractivity contribution in [1.82, 2.24) is 0 Å². The molecule has 1 fully saturated rings. The topological polar surface area (TPSA) is 65.0 Å². The van der Waals surface area contributed by atoms with E-state index in [4.69, 9.17) is 10.1 Å². The van der Waals surface area contributed by atoms with Gasteiger partial charge in [0.25, 0.3) is 0 Å². The molecule has 5 heteroatoms. The lowest BCUT2D eigenvalue weighted by Crippen LogP contribution is -2.41. The van der Waals surface area contributed by atoms with E-state index in [-0.39, 0.29) is 5.41 Å². The maximum absolute atomic E-state index is 10.7. The molecule has 0 unspecified atom stereocenters. The number of rotatable bonds is 3. The molecule has 0 aromatic heterocycles. The van der Waals surface area contributed by atoms with Gasteiger partial charge in [-0.25, -0.2) is 10.1 Å². The lowest BCUT2D eigenvalue weighted by atomic mass is 9.71. The average Bonchev–Trinajstić information content (AvgIpc) is 2.26. The summed E-state index contributed by atoms with van der Waals surface area (Å²) in [6, 6.07) is 0. The Morgan fingerprint density at radius 2 is 1.82 bits per heavy atom. The summed E-state index contributed by atoms with van der Waals surface area (Å²) < 4.78 is 0.